The molecule has 4 N–H and O–H groups in total. The minimum atomic E-state index is -1.48. The second-order valence-electron chi connectivity index (χ2n) is 4.05. The van der Waals surface area contributed by atoms with Crippen molar-refractivity contribution in [3.63, 3.8) is 0 Å². The van der Waals surface area contributed by atoms with E-state index >= 15 is 0 Å². The fraction of sp³-hybridized carbons (Fsp3) is 0. The Morgan fingerprint density at radius 2 is 1.60 bits per heavy atom. The van der Waals surface area contributed by atoms with Crippen LogP contribution in [0.3, 0.4) is 0 Å². The lowest BCUT2D eigenvalue weighted by atomic mass is 9.99. The Morgan fingerprint density at radius 3 is 2.20 bits per heavy atom. The van der Waals surface area contributed by atoms with Gasteiger partial charge >= 0.3 is 11.9 Å². The van der Waals surface area contributed by atoms with Crippen LogP contribution in [0.4, 0.5) is 0 Å². The first kappa shape index (κ1) is 13.4. The molecule has 20 heavy (non-hydrogen) atoms. The van der Waals surface area contributed by atoms with E-state index in [0.29, 0.717) is 5.56 Å². The van der Waals surface area contributed by atoms with E-state index in [1.165, 1.54) is 30.3 Å². The van der Waals surface area contributed by atoms with Crippen molar-refractivity contribution in [1.82, 2.24) is 0 Å². The highest BCUT2D eigenvalue weighted by molar-refractivity contribution is 5.97. The lowest BCUT2D eigenvalue weighted by Gasteiger charge is -2.09. The van der Waals surface area contributed by atoms with Crippen molar-refractivity contribution >= 4 is 11.9 Å². The smallest absolute Gasteiger partial charge is 0.343 e. The lowest BCUT2D eigenvalue weighted by molar-refractivity contribution is 0.0681. The summed E-state index contributed by atoms with van der Waals surface area (Å²) in [5, 5.41) is 37.2. The standard InChI is InChI=1S/C14H10O6/c15-10-5-4-9(12(16)11(10)14(19)20)7-2-1-3-8(6-7)13(17)18/h1-6,15-16H,(H,17,18)(H,19,20). The molecular weight excluding hydrogens is 264 g/mol. The number of carboxylic acid groups (broad SMARTS) is 2. The molecule has 0 unspecified atom stereocenters. The van der Waals surface area contributed by atoms with Crippen LogP contribution in [0.5, 0.6) is 11.5 Å². The number of aromatic hydroxyl groups is 2. The summed E-state index contributed by atoms with van der Waals surface area (Å²) in [5.74, 6) is -3.78. The van der Waals surface area contributed by atoms with Gasteiger partial charge in [-0.1, -0.05) is 12.1 Å². The number of hydrogen-bond donors (Lipinski definition) is 4. The van der Waals surface area contributed by atoms with Crippen molar-refractivity contribution in [2.75, 3.05) is 0 Å². The van der Waals surface area contributed by atoms with Crippen molar-refractivity contribution in [1.29, 1.82) is 0 Å². The Labute approximate surface area is 113 Å². The second-order valence-corrected chi connectivity index (χ2v) is 4.05. The molecule has 0 spiro atoms. The van der Waals surface area contributed by atoms with Crippen LogP contribution in [-0.2, 0) is 0 Å². The van der Waals surface area contributed by atoms with Gasteiger partial charge in [0.15, 0.2) is 0 Å². The van der Waals surface area contributed by atoms with E-state index in [4.69, 9.17) is 10.2 Å². The van der Waals surface area contributed by atoms with Gasteiger partial charge in [-0.05, 0) is 29.8 Å². The summed E-state index contributed by atoms with van der Waals surface area (Å²) in [6.07, 6.45) is 0. The van der Waals surface area contributed by atoms with E-state index in [1.54, 1.807) is 0 Å². The average Bonchev–Trinajstić information content (AvgIpc) is 2.38. The number of benzene rings is 2. The maximum Gasteiger partial charge on any atom is 0.343 e. The van der Waals surface area contributed by atoms with Crippen molar-refractivity contribution in [3.05, 3.63) is 47.5 Å². The lowest BCUT2D eigenvalue weighted by Crippen LogP contribution is -1.99. The summed E-state index contributed by atoms with van der Waals surface area (Å²) in [6.45, 7) is 0. The zero-order chi connectivity index (χ0) is 14.9. The van der Waals surface area contributed by atoms with E-state index in [2.05, 4.69) is 0 Å². The zero-order valence-corrected chi connectivity index (χ0v) is 10.1. The highest BCUT2D eigenvalue weighted by atomic mass is 16.4. The topological polar surface area (TPSA) is 115 Å². The van der Waals surface area contributed by atoms with Gasteiger partial charge in [0.25, 0.3) is 0 Å². The maximum atomic E-state index is 11.0. The highest BCUT2D eigenvalue weighted by Gasteiger charge is 2.19. The van der Waals surface area contributed by atoms with Gasteiger partial charge in [-0.2, -0.15) is 0 Å². The monoisotopic (exact) mass is 274 g/mol. The van der Waals surface area contributed by atoms with E-state index in [-0.39, 0.29) is 11.1 Å². The number of aromatic carboxylic acids is 2. The fourth-order valence-electron chi connectivity index (χ4n) is 1.84. The Bertz CT molecular complexity index is 705. The van der Waals surface area contributed by atoms with Crippen molar-refractivity contribution in [2.45, 2.75) is 0 Å². The third-order valence-corrected chi connectivity index (χ3v) is 2.79. The molecule has 0 saturated carbocycles. The molecular formula is C14H10O6. The van der Waals surface area contributed by atoms with Crippen LogP contribution >= 0.6 is 0 Å². The Morgan fingerprint density at radius 1 is 0.900 bits per heavy atom. The van der Waals surface area contributed by atoms with Crippen molar-refractivity contribution in [3.8, 4) is 22.6 Å². The summed E-state index contributed by atoms with van der Waals surface area (Å²) in [5.41, 5.74) is -0.150. The largest absolute Gasteiger partial charge is 0.507 e. The molecule has 6 nitrogen and oxygen atoms in total. The van der Waals surface area contributed by atoms with Gasteiger partial charge in [0.2, 0.25) is 0 Å². The Kier molecular flexibility index (Phi) is 3.30. The minimum Gasteiger partial charge on any atom is -0.507 e. The van der Waals surface area contributed by atoms with Crippen LogP contribution in [0.2, 0.25) is 0 Å². The summed E-state index contributed by atoms with van der Waals surface area (Å²) in [6, 6.07) is 8.14. The molecule has 0 aromatic heterocycles. The first-order valence-corrected chi connectivity index (χ1v) is 5.53. The molecule has 6 heteroatoms. The van der Waals surface area contributed by atoms with Gasteiger partial charge in [0.05, 0.1) is 5.56 Å². The van der Waals surface area contributed by atoms with E-state index < -0.39 is 29.0 Å². The predicted octanol–water partition coefficient (Wildman–Crippen LogP) is 2.16. The van der Waals surface area contributed by atoms with E-state index in [9.17, 15) is 19.8 Å². The summed E-state index contributed by atoms with van der Waals surface area (Å²) < 4.78 is 0. The molecule has 0 aliphatic rings. The van der Waals surface area contributed by atoms with Crippen LogP contribution in [0.15, 0.2) is 36.4 Å². The van der Waals surface area contributed by atoms with Crippen LogP contribution in [0.25, 0.3) is 11.1 Å². The minimum absolute atomic E-state index is 0.00634. The molecule has 0 amide bonds. The van der Waals surface area contributed by atoms with Crippen LogP contribution in [0.1, 0.15) is 20.7 Å². The SMILES string of the molecule is O=C(O)c1cccc(-c2ccc(O)c(C(=O)O)c2O)c1. The molecule has 0 saturated heterocycles. The third-order valence-electron chi connectivity index (χ3n) is 2.79. The van der Waals surface area contributed by atoms with E-state index in [0.717, 1.165) is 6.07 Å². The molecule has 0 bridgehead atoms. The number of phenols is 2. The molecule has 0 fully saturated rings. The fourth-order valence-corrected chi connectivity index (χ4v) is 1.84. The molecule has 0 aliphatic heterocycles. The van der Waals surface area contributed by atoms with Gasteiger partial charge in [-0.15, -0.1) is 0 Å². The quantitative estimate of drug-likeness (QED) is 0.681. The summed E-state index contributed by atoms with van der Waals surface area (Å²) in [4.78, 5) is 21.9. The van der Waals surface area contributed by atoms with Crippen molar-refractivity contribution < 1.29 is 30.0 Å². The molecule has 102 valence electrons. The molecule has 0 radical (unpaired) electrons. The van der Waals surface area contributed by atoms with Gasteiger partial charge in [0.1, 0.15) is 17.1 Å². The molecule has 2 aromatic carbocycles. The number of carboxylic acids is 2. The zero-order valence-electron chi connectivity index (χ0n) is 10.1. The molecule has 2 aromatic rings. The Balaban J connectivity index is 2.65. The predicted molar refractivity (Wildman–Crippen MR) is 69.1 cm³/mol. The van der Waals surface area contributed by atoms with Gasteiger partial charge < -0.3 is 20.4 Å². The average molecular weight is 274 g/mol. The van der Waals surface area contributed by atoms with Crippen LogP contribution in [0, 0.1) is 0 Å². The molecule has 0 heterocycles. The number of carbonyl (C=O) groups is 2. The number of hydrogen-bond acceptors (Lipinski definition) is 4. The first-order valence-electron chi connectivity index (χ1n) is 5.53. The van der Waals surface area contributed by atoms with Gasteiger partial charge in [0, 0.05) is 5.56 Å². The van der Waals surface area contributed by atoms with Crippen molar-refractivity contribution in [2.24, 2.45) is 0 Å². The molecule has 0 atom stereocenters. The molecule has 2 rings (SSSR count). The maximum absolute atomic E-state index is 11.0. The second kappa shape index (κ2) is 4.93. The summed E-state index contributed by atoms with van der Waals surface area (Å²) in [7, 11) is 0. The first-order chi connectivity index (χ1) is 9.41. The van der Waals surface area contributed by atoms with Gasteiger partial charge in [-0.3, -0.25) is 0 Å². The summed E-state index contributed by atoms with van der Waals surface area (Å²) >= 11 is 0. The highest BCUT2D eigenvalue weighted by Crippen LogP contribution is 2.37. The number of rotatable bonds is 3. The van der Waals surface area contributed by atoms with Gasteiger partial charge in [-0.25, -0.2) is 9.59 Å². The molecule has 0 aliphatic carbocycles. The third kappa shape index (κ3) is 2.26. The normalized spacial score (nSPS) is 10.2. The Hall–Kier alpha value is -3.02. The van der Waals surface area contributed by atoms with Crippen LogP contribution < -0.4 is 0 Å². The van der Waals surface area contributed by atoms with Crippen LogP contribution in [-0.4, -0.2) is 32.4 Å². The van der Waals surface area contributed by atoms with E-state index in [1.807, 2.05) is 0 Å².